The normalized spacial score (nSPS) is 10.5. The minimum Gasteiger partial charge on any atom is -0.370 e. The van der Waals surface area contributed by atoms with Gasteiger partial charge in [0.2, 0.25) is 0 Å². The van der Waals surface area contributed by atoms with Crippen LogP contribution in [0.25, 0.3) is 0 Å². The molecule has 0 aliphatic heterocycles. The molecule has 0 radical (unpaired) electrons. The van der Waals surface area contributed by atoms with E-state index in [1.807, 2.05) is 24.3 Å². The van der Waals surface area contributed by atoms with Gasteiger partial charge in [0, 0.05) is 31.2 Å². The number of halogens is 1. The summed E-state index contributed by atoms with van der Waals surface area (Å²) in [4.78, 5) is 22.3. The highest BCUT2D eigenvalue weighted by Gasteiger charge is 2.13. The highest BCUT2D eigenvalue weighted by Crippen LogP contribution is 2.11. The van der Waals surface area contributed by atoms with Crippen molar-refractivity contribution in [2.24, 2.45) is 0 Å². The molecule has 0 spiro atoms. The highest BCUT2D eigenvalue weighted by molar-refractivity contribution is 6.30. The average Bonchev–Trinajstić information content (AvgIpc) is 2.61. The second-order valence-electron chi connectivity index (χ2n) is 5.67. The van der Waals surface area contributed by atoms with E-state index >= 15 is 0 Å². The molecular formula is C18H23ClN4O. The zero-order chi connectivity index (χ0) is 17.4. The van der Waals surface area contributed by atoms with Crippen molar-refractivity contribution in [2.45, 2.75) is 26.2 Å². The summed E-state index contributed by atoms with van der Waals surface area (Å²) in [5.41, 5.74) is 1.61. The van der Waals surface area contributed by atoms with Gasteiger partial charge in [0.25, 0.3) is 5.91 Å². The Balaban J connectivity index is 1.90. The Labute approximate surface area is 148 Å². The summed E-state index contributed by atoms with van der Waals surface area (Å²) in [7, 11) is 1.80. The van der Waals surface area contributed by atoms with E-state index in [9.17, 15) is 4.79 Å². The summed E-state index contributed by atoms with van der Waals surface area (Å²) in [5, 5.41) is 3.96. The third kappa shape index (κ3) is 5.49. The van der Waals surface area contributed by atoms with Crippen LogP contribution in [0.1, 0.15) is 35.8 Å². The number of anilines is 1. The molecule has 0 saturated carbocycles. The summed E-state index contributed by atoms with van der Waals surface area (Å²) in [5.74, 6) is 0.581. The Morgan fingerprint density at radius 1 is 1.25 bits per heavy atom. The molecular weight excluding hydrogens is 324 g/mol. The molecule has 0 saturated heterocycles. The van der Waals surface area contributed by atoms with Crippen LogP contribution in [0.4, 0.5) is 5.82 Å². The van der Waals surface area contributed by atoms with Crippen LogP contribution in [0.2, 0.25) is 5.02 Å². The number of carbonyl (C=O) groups excluding carboxylic acids is 1. The van der Waals surface area contributed by atoms with Gasteiger partial charge in [-0.2, -0.15) is 0 Å². The number of nitrogens with one attached hydrogen (secondary N) is 1. The van der Waals surface area contributed by atoms with E-state index in [2.05, 4.69) is 22.2 Å². The van der Waals surface area contributed by atoms with Crippen LogP contribution < -0.4 is 5.32 Å². The van der Waals surface area contributed by atoms with Crippen LogP contribution >= 0.6 is 11.6 Å². The van der Waals surface area contributed by atoms with E-state index in [0.717, 1.165) is 37.4 Å². The predicted octanol–water partition coefficient (Wildman–Crippen LogP) is 3.66. The number of rotatable bonds is 8. The van der Waals surface area contributed by atoms with E-state index in [4.69, 9.17) is 11.6 Å². The zero-order valence-electron chi connectivity index (χ0n) is 14.1. The minimum atomic E-state index is -0.0772. The number of carbonyl (C=O) groups is 1. The molecule has 1 amide bonds. The largest absolute Gasteiger partial charge is 0.370 e. The standard InChI is InChI=1S/C18H23ClN4O/c1-3-4-11-23(2)18(24)16-12-17(22-13-21-16)20-10-9-14-5-7-15(19)8-6-14/h5-8,12-13H,3-4,9-11H2,1-2H3,(H,20,21,22). The fraction of sp³-hybridized carbons (Fsp3) is 0.389. The van der Waals surface area contributed by atoms with Crippen molar-refractivity contribution in [1.29, 1.82) is 0 Å². The van der Waals surface area contributed by atoms with E-state index in [1.54, 1.807) is 18.0 Å². The van der Waals surface area contributed by atoms with Crippen molar-refractivity contribution in [3.8, 4) is 0 Å². The lowest BCUT2D eigenvalue weighted by molar-refractivity contribution is 0.0787. The molecule has 1 aromatic heterocycles. The Morgan fingerprint density at radius 3 is 2.71 bits per heavy atom. The Bertz CT molecular complexity index is 660. The summed E-state index contributed by atoms with van der Waals surface area (Å²) in [6.45, 7) is 3.56. The number of nitrogens with zero attached hydrogens (tertiary/aromatic N) is 3. The van der Waals surface area contributed by atoms with Crippen LogP contribution in [0, 0.1) is 0 Å². The highest BCUT2D eigenvalue weighted by atomic mass is 35.5. The van der Waals surface area contributed by atoms with E-state index < -0.39 is 0 Å². The Kier molecular flexibility index (Phi) is 7.00. The first-order chi connectivity index (χ1) is 11.6. The number of hydrogen-bond acceptors (Lipinski definition) is 4. The van der Waals surface area contributed by atoms with Crippen LogP contribution in [0.5, 0.6) is 0 Å². The lowest BCUT2D eigenvalue weighted by Gasteiger charge is -2.16. The van der Waals surface area contributed by atoms with Crippen molar-refractivity contribution in [3.05, 3.63) is 52.9 Å². The fourth-order valence-corrected chi connectivity index (χ4v) is 2.38. The molecule has 1 aromatic carbocycles. The molecule has 2 rings (SSSR count). The number of aromatic nitrogens is 2. The second kappa shape index (κ2) is 9.23. The van der Waals surface area contributed by atoms with Gasteiger partial charge in [-0.25, -0.2) is 9.97 Å². The first-order valence-corrected chi connectivity index (χ1v) is 8.53. The molecule has 0 bridgehead atoms. The van der Waals surface area contributed by atoms with Crippen LogP contribution in [0.3, 0.4) is 0 Å². The molecule has 2 aromatic rings. The van der Waals surface area contributed by atoms with Crippen molar-refractivity contribution in [3.63, 3.8) is 0 Å². The molecule has 0 unspecified atom stereocenters. The van der Waals surface area contributed by atoms with Gasteiger partial charge < -0.3 is 10.2 Å². The maximum absolute atomic E-state index is 12.3. The zero-order valence-corrected chi connectivity index (χ0v) is 14.9. The van der Waals surface area contributed by atoms with Gasteiger partial charge >= 0.3 is 0 Å². The monoisotopic (exact) mass is 346 g/mol. The summed E-state index contributed by atoms with van der Waals surface area (Å²) in [6.07, 6.45) is 4.31. The summed E-state index contributed by atoms with van der Waals surface area (Å²) >= 11 is 5.88. The molecule has 0 aliphatic rings. The maximum Gasteiger partial charge on any atom is 0.272 e. The van der Waals surface area contributed by atoms with Gasteiger partial charge in [-0.05, 0) is 30.5 Å². The van der Waals surface area contributed by atoms with Crippen molar-refractivity contribution < 1.29 is 4.79 Å². The van der Waals surface area contributed by atoms with Crippen LogP contribution in [-0.2, 0) is 6.42 Å². The van der Waals surface area contributed by atoms with Gasteiger partial charge in [0.05, 0.1) is 0 Å². The van der Waals surface area contributed by atoms with Gasteiger partial charge in [0.15, 0.2) is 0 Å². The number of unbranched alkanes of at least 4 members (excludes halogenated alkanes) is 1. The third-order valence-corrected chi connectivity index (χ3v) is 3.96. The molecule has 128 valence electrons. The van der Waals surface area contributed by atoms with E-state index in [1.165, 1.54) is 11.9 Å². The fourth-order valence-electron chi connectivity index (χ4n) is 2.25. The molecule has 1 heterocycles. The SMILES string of the molecule is CCCCN(C)C(=O)c1cc(NCCc2ccc(Cl)cc2)ncn1. The summed E-state index contributed by atoms with van der Waals surface area (Å²) < 4.78 is 0. The van der Waals surface area contributed by atoms with Gasteiger partial charge in [-0.1, -0.05) is 37.1 Å². The quantitative estimate of drug-likeness (QED) is 0.792. The number of hydrogen-bond donors (Lipinski definition) is 1. The van der Waals surface area contributed by atoms with Gasteiger partial charge in [-0.15, -0.1) is 0 Å². The van der Waals surface area contributed by atoms with Gasteiger partial charge in [0.1, 0.15) is 17.8 Å². The predicted molar refractivity (Wildman–Crippen MR) is 97.5 cm³/mol. The topological polar surface area (TPSA) is 58.1 Å². The molecule has 0 aliphatic carbocycles. The molecule has 5 nitrogen and oxygen atoms in total. The van der Waals surface area contributed by atoms with Crippen molar-refractivity contribution >= 4 is 23.3 Å². The third-order valence-electron chi connectivity index (χ3n) is 3.71. The minimum absolute atomic E-state index is 0.0772. The van der Waals surface area contributed by atoms with E-state index in [0.29, 0.717) is 11.5 Å². The first kappa shape index (κ1) is 18.2. The maximum atomic E-state index is 12.3. The van der Waals surface area contributed by atoms with Crippen LogP contribution in [0.15, 0.2) is 36.7 Å². The summed E-state index contributed by atoms with van der Waals surface area (Å²) in [6, 6.07) is 9.46. The Morgan fingerprint density at radius 2 is 2.00 bits per heavy atom. The Hall–Kier alpha value is -2.14. The molecule has 0 atom stereocenters. The molecule has 0 fully saturated rings. The number of benzene rings is 1. The van der Waals surface area contributed by atoms with Crippen LogP contribution in [-0.4, -0.2) is 40.9 Å². The lowest BCUT2D eigenvalue weighted by atomic mass is 10.1. The smallest absolute Gasteiger partial charge is 0.272 e. The average molecular weight is 347 g/mol. The number of amides is 1. The van der Waals surface area contributed by atoms with Crippen molar-refractivity contribution in [1.82, 2.24) is 14.9 Å². The molecule has 6 heteroatoms. The van der Waals surface area contributed by atoms with Gasteiger partial charge in [-0.3, -0.25) is 4.79 Å². The molecule has 24 heavy (non-hydrogen) atoms. The van der Waals surface area contributed by atoms with E-state index in [-0.39, 0.29) is 5.91 Å². The lowest BCUT2D eigenvalue weighted by Crippen LogP contribution is -2.28. The molecule has 1 N–H and O–H groups in total. The second-order valence-corrected chi connectivity index (χ2v) is 6.11. The first-order valence-electron chi connectivity index (χ1n) is 8.16. The van der Waals surface area contributed by atoms with Crippen molar-refractivity contribution in [2.75, 3.05) is 25.5 Å².